The van der Waals surface area contributed by atoms with E-state index in [2.05, 4.69) is 20.4 Å². The summed E-state index contributed by atoms with van der Waals surface area (Å²) in [6.45, 7) is 2.71. The van der Waals surface area contributed by atoms with Crippen LogP contribution in [-0.4, -0.2) is 32.6 Å². The summed E-state index contributed by atoms with van der Waals surface area (Å²) in [6, 6.07) is 7.42. The van der Waals surface area contributed by atoms with Gasteiger partial charge in [0.25, 0.3) is 5.89 Å². The number of anilines is 1. The molecule has 1 aliphatic heterocycles. The maximum Gasteiger partial charge on any atom is 0.322 e. The second-order valence-corrected chi connectivity index (χ2v) is 7.38. The van der Waals surface area contributed by atoms with Crippen molar-refractivity contribution in [2.24, 2.45) is 0 Å². The van der Waals surface area contributed by atoms with E-state index in [0.717, 1.165) is 36.4 Å². The molecule has 3 aromatic rings. The number of aromatic nitrogens is 3. The number of amides is 2. The number of likely N-dealkylation sites (tertiary alicyclic amines) is 1. The quantitative estimate of drug-likeness (QED) is 0.716. The van der Waals surface area contributed by atoms with E-state index < -0.39 is 0 Å². The Labute approximate surface area is 161 Å². The molecule has 0 radical (unpaired) electrons. The van der Waals surface area contributed by atoms with Gasteiger partial charge >= 0.3 is 6.03 Å². The Bertz CT molecular complexity index is 908. The molecule has 27 heavy (non-hydrogen) atoms. The number of aryl methyl sites for hydroxylation is 1. The van der Waals surface area contributed by atoms with Crippen LogP contribution >= 0.6 is 11.3 Å². The number of rotatable bonds is 4. The molecule has 1 aliphatic rings. The molecule has 2 aromatic heterocycles. The number of nitrogens with one attached hydrogen (secondary N) is 1. The molecule has 0 unspecified atom stereocenters. The van der Waals surface area contributed by atoms with Crippen molar-refractivity contribution in [1.29, 1.82) is 0 Å². The summed E-state index contributed by atoms with van der Waals surface area (Å²) in [5, 5.41) is 9.89. The van der Waals surface area contributed by atoms with E-state index in [1.807, 2.05) is 41.5 Å². The van der Waals surface area contributed by atoms with Crippen molar-refractivity contribution < 1.29 is 9.32 Å². The summed E-state index contributed by atoms with van der Waals surface area (Å²) in [6.07, 6.45) is 5.58. The average molecular weight is 383 g/mol. The maximum atomic E-state index is 12.9. The lowest BCUT2D eigenvalue weighted by atomic mass is 10.0. The Balaban J connectivity index is 1.51. The SMILES string of the molecule is CCc1noc(-c2cccc(NC(=O)N3CCCC[C@H]3c3nccs3)c2)n1. The van der Waals surface area contributed by atoms with Crippen LogP contribution in [0.25, 0.3) is 11.5 Å². The van der Waals surface area contributed by atoms with E-state index in [9.17, 15) is 4.79 Å². The predicted octanol–water partition coefficient (Wildman–Crippen LogP) is 4.51. The molecule has 1 N–H and O–H groups in total. The highest BCUT2D eigenvalue weighted by atomic mass is 32.1. The van der Waals surface area contributed by atoms with E-state index >= 15 is 0 Å². The molecular weight excluding hydrogens is 362 g/mol. The van der Waals surface area contributed by atoms with Crippen LogP contribution in [0.3, 0.4) is 0 Å². The van der Waals surface area contributed by atoms with Crippen LogP contribution in [0.5, 0.6) is 0 Å². The minimum atomic E-state index is -0.105. The largest absolute Gasteiger partial charge is 0.334 e. The van der Waals surface area contributed by atoms with Crippen LogP contribution in [-0.2, 0) is 6.42 Å². The Morgan fingerprint density at radius 3 is 3.11 bits per heavy atom. The van der Waals surface area contributed by atoms with Crippen LogP contribution in [0.1, 0.15) is 43.1 Å². The number of hydrogen-bond acceptors (Lipinski definition) is 6. The zero-order valence-corrected chi connectivity index (χ0v) is 15.9. The van der Waals surface area contributed by atoms with E-state index in [0.29, 0.717) is 23.8 Å². The van der Waals surface area contributed by atoms with Gasteiger partial charge in [-0.2, -0.15) is 4.98 Å². The first kappa shape index (κ1) is 17.7. The van der Waals surface area contributed by atoms with Crippen LogP contribution in [0.4, 0.5) is 10.5 Å². The molecule has 0 spiro atoms. The number of benzene rings is 1. The van der Waals surface area contributed by atoms with E-state index in [-0.39, 0.29) is 12.1 Å². The molecule has 140 valence electrons. The number of thiazole rings is 1. The number of urea groups is 1. The zero-order chi connectivity index (χ0) is 18.6. The molecule has 7 nitrogen and oxygen atoms in total. The topological polar surface area (TPSA) is 84.2 Å². The lowest BCUT2D eigenvalue weighted by Gasteiger charge is -2.34. The van der Waals surface area contributed by atoms with Gasteiger partial charge in [-0.05, 0) is 37.5 Å². The summed E-state index contributed by atoms with van der Waals surface area (Å²) < 4.78 is 5.29. The van der Waals surface area contributed by atoms with Gasteiger partial charge in [0.1, 0.15) is 5.01 Å². The van der Waals surface area contributed by atoms with E-state index in [4.69, 9.17) is 4.52 Å². The third-order valence-corrected chi connectivity index (χ3v) is 5.52. The third-order valence-electron chi connectivity index (χ3n) is 4.65. The van der Waals surface area contributed by atoms with Gasteiger partial charge in [0, 0.05) is 35.8 Å². The highest BCUT2D eigenvalue weighted by molar-refractivity contribution is 7.09. The summed E-state index contributed by atoms with van der Waals surface area (Å²) in [7, 11) is 0. The molecule has 0 bridgehead atoms. The standard InChI is InChI=1S/C19H21N5O2S/c1-2-16-22-17(26-23-16)13-6-5-7-14(12-13)21-19(25)24-10-4-3-8-15(24)18-20-9-11-27-18/h5-7,9,11-12,15H,2-4,8,10H2,1H3,(H,21,25)/t15-/m0/s1. The van der Waals surface area contributed by atoms with Gasteiger partial charge in [0.05, 0.1) is 6.04 Å². The molecule has 2 amide bonds. The van der Waals surface area contributed by atoms with Gasteiger partial charge < -0.3 is 14.7 Å². The van der Waals surface area contributed by atoms with Crippen molar-refractivity contribution in [3.63, 3.8) is 0 Å². The van der Waals surface area contributed by atoms with Crippen LogP contribution < -0.4 is 5.32 Å². The Kier molecular flexibility index (Phi) is 5.15. The normalized spacial score (nSPS) is 17.1. The van der Waals surface area contributed by atoms with Crippen LogP contribution in [0.2, 0.25) is 0 Å². The molecule has 1 atom stereocenters. The smallest absolute Gasteiger partial charge is 0.322 e. The monoisotopic (exact) mass is 383 g/mol. The highest BCUT2D eigenvalue weighted by Gasteiger charge is 2.29. The van der Waals surface area contributed by atoms with Gasteiger partial charge in [-0.25, -0.2) is 9.78 Å². The van der Waals surface area contributed by atoms with Crippen LogP contribution in [0, 0.1) is 0 Å². The van der Waals surface area contributed by atoms with Crippen molar-refractivity contribution >= 4 is 23.1 Å². The molecule has 3 heterocycles. The molecule has 1 aromatic carbocycles. The molecule has 4 rings (SSSR count). The first-order chi connectivity index (χ1) is 13.2. The summed E-state index contributed by atoms with van der Waals surface area (Å²) in [5.74, 6) is 1.13. The summed E-state index contributed by atoms with van der Waals surface area (Å²) >= 11 is 1.60. The second-order valence-electron chi connectivity index (χ2n) is 6.46. The molecule has 0 aliphatic carbocycles. The number of piperidine rings is 1. The average Bonchev–Trinajstić information content (AvgIpc) is 3.40. The van der Waals surface area contributed by atoms with Gasteiger partial charge in [-0.1, -0.05) is 18.1 Å². The Hall–Kier alpha value is -2.74. The van der Waals surface area contributed by atoms with Crippen molar-refractivity contribution in [2.45, 2.75) is 38.6 Å². The number of carbonyl (C=O) groups excluding carboxylic acids is 1. The van der Waals surface area contributed by atoms with Crippen molar-refractivity contribution in [3.8, 4) is 11.5 Å². The molecule has 1 saturated heterocycles. The van der Waals surface area contributed by atoms with Gasteiger partial charge in [-0.15, -0.1) is 11.3 Å². The summed E-state index contributed by atoms with van der Waals surface area (Å²) in [4.78, 5) is 23.6. The number of hydrogen-bond donors (Lipinski definition) is 1. The Morgan fingerprint density at radius 2 is 2.33 bits per heavy atom. The first-order valence-corrected chi connectivity index (χ1v) is 10.0. The van der Waals surface area contributed by atoms with Gasteiger partial charge in [0.2, 0.25) is 0 Å². The molecule has 8 heteroatoms. The fourth-order valence-corrected chi connectivity index (χ4v) is 4.06. The van der Waals surface area contributed by atoms with E-state index in [1.54, 1.807) is 17.5 Å². The fourth-order valence-electron chi connectivity index (χ4n) is 3.27. The maximum absolute atomic E-state index is 12.9. The van der Waals surface area contributed by atoms with Gasteiger partial charge in [-0.3, -0.25) is 0 Å². The van der Waals surface area contributed by atoms with Gasteiger partial charge in [0.15, 0.2) is 5.82 Å². The predicted molar refractivity (Wildman–Crippen MR) is 104 cm³/mol. The summed E-state index contributed by atoms with van der Waals surface area (Å²) in [5.41, 5.74) is 1.49. The minimum Gasteiger partial charge on any atom is -0.334 e. The van der Waals surface area contributed by atoms with Crippen LogP contribution in [0.15, 0.2) is 40.4 Å². The van der Waals surface area contributed by atoms with E-state index in [1.165, 1.54) is 0 Å². The third kappa shape index (κ3) is 3.85. The molecular formula is C19H21N5O2S. The molecule has 1 fully saturated rings. The number of carbonyl (C=O) groups is 1. The van der Waals surface area contributed by atoms with Crippen molar-refractivity contribution in [1.82, 2.24) is 20.0 Å². The first-order valence-electron chi connectivity index (χ1n) is 9.14. The van der Waals surface area contributed by atoms with Crippen molar-refractivity contribution in [2.75, 3.05) is 11.9 Å². The second kappa shape index (κ2) is 7.87. The number of nitrogens with zero attached hydrogens (tertiary/aromatic N) is 4. The fraction of sp³-hybridized carbons (Fsp3) is 0.368. The van der Waals surface area contributed by atoms with Crippen molar-refractivity contribution in [3.05, 3.63) is 46.7 Å². The zero-order valence-electron chi connectivity index (χ0n) is 15.1. The lowest BCUT2D eigenvalue weighted by molar-refractivity contribution is 0.163. The minimum absolute atomic E-state index is 0.0463. The highest BCUT2D eigenvalue weighted by Crippen LogP contribution is 2.32. The Morgan fingerprint density at radius 1 is 1.41 bits per heavy atom. The molecule has 0 saturated carbocycles. The lowest BCUT2D eigenvalue weighted by Crippen LogP contribution is -2.41.